The summed E-state index contributed by atoms with van der Waals surface area (Å²) in [7, 11) is -4.89. The van der Waals surface area contributed by atoms with Crippen LogP contribution in [-0.4, -0.2) is 29.6 Å². The molecule has 0 aromatic rings. The molecule has 0 aliphatic rings. The molecule has 0 aliphatic carbocycles. The summed E-state index contributed by atoms with van der Waals surface area (Å²) in [5.41, 5.74) is 0. The van der Waals surface area contributed by atoms with Crippen LogP contribution in [0.25, 0.3) is 0 Å². The van der Waals surface area contributed by atoms with E-state index < -0.39 is 7.82 Å². The summed E-state index contributed by atoms with van der Waals surface area (Å²) in [6.45, 7) is 4.71. The van der Waals surface area contributed by atoms with E-state index in [9.17, 15) is 0 Å². The van der Waals surface area contributed by atoms with Crippen molar-refractivity contribution in [3.8, 4) is 0 Å². The third kappa shape index (κ3) is 120000. The van der Waals surface area contributed by atoms with Gasteiger partial charge in [0.1, 0.15) is 0 Å². The Labute approximate surface area is 108 Å². The summed E-state index contributed by atoms with van der Waals surface area (Å²) in [6, 6.07) is 0. The van der Waals surface area contributed by atoms with Crippen molar-refractivity contribution in [1.82, 2.24) is 24.6 Å². The third-order valence-electron chi connectivity index (χ3n) is 0. The van der Waals surface area contributed by atoms with Gasteiger partial charge in [-0.1, -0.05) is 20.8 Å². The maximum atomic E-state index is 8.93. The van der Waals surface area contributed by atoms with Gasteiger partial charge in [-0.2, -0.15) is 0 Å². The smallest absolute Gasteiger partial charge is 0.262 e. The SMILES string of the molecule is CC[O-].CC[O-].CC[O-].O=P([O-])(O)O.[NH4+].[NH4+].[NH4+].[NH4+]. The number of hydrogen-bond donors (Lipinski definition) is 6. The molecule has 12 heteroatoms. The maximum Gasteiger partial charge on any atom is 0.262 e. The first-order valence-electron chi connectivity index (χ1n) is 3.75. The van der Waals surface area contributed by atoms with Gasteiger partial charge in [-0.25, -0.2) is 0 Å². The highest BCUT2D eigenvalue weighted by atomic mass is 31.2. The normalized spacial score (nSPS) is 6.28. The Morgan fingerprint density at radius 2 is 0.778 bits per heavy atom. The number of hydrogen-bond acceptors (Lipinski definition) is 5. The first-order valence-corrected chi connectivity index (χ1v) is 5.28. The van der Waals surface area contributed by atoms with E-state index in [4.69, 9.17) is 34.6 Å². The van der Waals surface area contributed by atoms with E-state index in [-0.39, 0.29) is 44.4 Å². The van der Waals surface area contributed by atoms with Crippen LogP contribution in [0.4, 0.5) is 0 Å². The van der Waals surface area contributed by atoms with E-state index in [1.807, 2.05) is 0 Å². The lowest BCUT2D eigenvalue weighted by molar-refractivity contribution is -0.362. The molecule has 0 amide bonds. The molecule has 0 aliphatic heterocycles. The molecule has 0 heterocycles. The fraction of sp³-hybridized carbons (Fsp3) is 1.00. The summed E-state index contributed by atoms with van der Waals surface area (Å²) >= 11 is 0. The number of rotatable bonds is 0. The predicted octanol–water partition coefficient (Wildman–Crippen LogP) is -1.96. The highest BCUT2D eigenvalue weighted by molar-refractivity contribution is 7.43. The molecule has 0 spiro atoms. The fourth-order valence-electron chi connectivity index (χ4n) is 0. The van der Waals surface area contributed by atoms with Crippen molar-refractivity contribution >= 4 is 7.82 Å². The zero-order valence-electron chi connectivity index (χ0n) is 12.5. The molecule has 0 aromatic carbocycles. The second kappa shape index (κ2) is 54.1. The van der Waals surface area contributed by atoms with Gasteiger partial charge in [-0.15, -0.1) is 19.8 Å². The summed E-state index contributed by atoms with van der Waals surface area (Å²) in [6.07, 6.45) is 0. The van der Waals surface area contributed by atoms with E-state index in [1.54, 1.807) is 20.8 Å². The minimum atomic E-state index is -4.89. The largest absolute Gasteiger partial charge is 0.855 e. The van der Waals surface area contributed by atoms with Crippen LogP contribution in [0.15, 0.2) is 0 Å². The zero-order chi connectivity index (χ0) is 12.6. The molecule has 0 aromatic heterocycles. The molecule has 0 atom stereocenters. The summed E-state index contributed by atoms with van der Waals surface area (Å²) in [4.78, 5) is 22.9. The summed E-state index contributed by atoms with van der Waals surface area (Å²) < 4.78 is 8.77. The van der Waals surface area contributed by atoms with Crippen molar-refractivity contribution in [2.75, 3.05) is 19.8 Å². The molecule has 0 unspecified atom stereocenters. The molecule has 124 valence electrons. The van der Waals surface area contributed by atoms with Crippen molar-refractivity contribution < 1.29 is 34.6 Å². The van der Waals surface area contributed by atoms with Crippen molar-refractivity contribution in [2.45, 2.75) is 20.8 Å². The molecule has 0 radical (unpaired) electrons. The molecular weight excluding hydrogens is 271 g/mol. The van der Waals surface area contributed by atoms with Crippen LogP contribution in [0.5, 0.6) is 0 Å². The highest BCUT2D eigenvalue weighted by Gasteiger charge is 1.82. The van der Waals surface area contributed by atoms with Crippen LogP contribution in [0.3, 0.4) is 0 Å². The summed E-state index contributed by atoms with van der Waals surface area (Å²) in [5.74, 6) is 0. The standard InChI is InChI=1S/3C2H5O.4H3N.H3O4P/c3*1-2-3;;;;;1-5(2,3)4/h3*2H2,1H3;4*1H3;(H3,1,2,3,4)/q3*-1;;;;;/p+3. The van der Waals surface area contributed by atoms with Crippen molar-refractivity contribution in [3.05, 3.63) is 0 Å². The maximum absolute atomic E-state index is 8.93. The Morgan fingerprint density at radius 3 is 0.778 bits per heavy atom. The minimum absolute atomic E-state index is 0. The van der Waals surface area contributed by atoms with Gasteiger partial charge in [0.25, 0.3) is 7.82 Å². The summed E-state index contributed by atoms with van der Waals surface area (Å²) in [5, 5.41) is 26.8. The van der Waals surface area contributed by atoms with Gasteiger partial charge in [0.15, 0.2) is 0 Å². The average Bonchev–Trinajstić information content (AvgIpc) is 1.86. The van der Waals surface area contributed by atoms with Crippen molar-refractivity contribution in [2.24, 2.45) is 0 Å². The van der Waals surface area contributed by atoms with Crippen LogP contribution in [0.2, 0.25) is 0 Å². The second-order valence-electron chi connectivity index (χ2n) is 1.36. The van der Waals surface area contributed by atoms with Crippen molar-refractivity contribution in [3.63, 3.8) is 0 Å². The first kappa shape index (κ1) is 52.3. The van der Waals surface area contributed by atoms with E-state index in [0.29, 0.717) is 0 Å². The van der Waals surface area contributed by atoms with Crippen LogP contribution >= 0.6 is 7.82 Å². The lowest BCUT2D eigenvalue weighted by Gasteiger charge is -2.01. The number of quaternary nitrogens is 4. The quantitative estimate of drug-likeness (QED) is 0.274. The Morgan fingerprint density at radius 1 is 0.778 bits per heavy atom. The molecule has 0 rings (SSSR count). The molecule has 0 saturated carbocycles. The number of phosphoric acid groups is 1. The van der Waals surface area contributed by atoms with Crippen LogP contribution in [0.1, 0.15) is 20.8 Å². The Hall–Kier alpha value is -0.170. The van der Waals surface area contributed by atoms with Crippen LogP contribution in [0, 0.1) is 0 Å². The van der Waals surface area contributed by atoms with Gasteiger partial charge < -0.3 is 54.6 Å². The molecule has 0 fully saturated rings. The topological polar surface area (TPSA) is 296 Å². The first-order chi connectivity index (χ1) is 6.24. The van der Waals surface area contributed by atoms with Crippen LogP contribution in [-0.2, 0) is 4.57 Å². The van der Waals surface area contributed by atoms with Crippen LogP contribution < -0.4 is 44.8 Å². The van der Waals surface area contributed by atoms with Gasteiger partial charge >= 0.3 is 0 Å². The van der Waals surface area contributed by atoms with E-state index >= 15 is 0 Å². The monoisotopic (exact) mass is 304 g/mol. The minimum Gasteiger partial charge on any atom is -0.855 e. The zero-order valence-corrected chi connectivity index (χ0v) is 13.4. The molecule has 11 nitrogen and oxygen atoms in total. The third-order valence-corrected chi connectivity index (χ3v) is 0. The highest BCUT2D eigenvalue weighted by Crippen LogP contribution is 2.18. The molecular formula is C6H33N4O7P. The van der Waals surface area contributed by atoms with Gasteiger partial charge in [0, 0.05) is 0 Å². The average molecular weight is 304 g/mol. The Bertz CT molecular complexity index is 103. The van der Waals surface area contributed by atoms with Gasteiger partial charge in [-0.3, -0.25) is 4.57 Å². The Kier molecular flexibility index (Phi) is 157. The predicted molar refractivity (Wildman–Crippen MR) is 67.6 cm³/mol. The molecule has 18 N–H and O–H groups in total. The van der Waals surface area contributed by atoms with Gasteiger partial charge in [0.05, 0.1) is 0 Å². The van der Waals surface area contributed by atoms with E-state index in [0.717, 1.165) is 0 Å². The molecule has 0 bridgehead atoms. The second-order valence-corrected chi connectivity index (χ2v) is 2.34. The van der Waals surface area contributed by atoms with E-state index in [1.165, 1.54) is 0 Å². The fourth-order valence-corrected chi connectivity index (χ4v) is 0. The lowest BCUT2D eigenvalue weighted by Crippen LogP contribution is -1.97. The molecule has 18 heavy (non-hydrogen) atoms. The van der Waals surface area contributed by atoms with E-state index in [2.05, 4.69) is 0 Å². The van der Waals surface area contributed by atoms with Gasteiger partial charge in [-0.05, 0) is 0 Å². The van der Waals surface area contributed by atoms with Crippen molar-refractivity contribution in [1.29, 1.82) is 0 Å². The Balaban J connectivity index is -0.0000000118. The van der Waals surface area contributed by atoms with Gasteiger partial charge in [0.2, 0.25) is 0 Å². The lowest BCUT2D eigenvalue weighted by atomic mass is 10.9. The molecule has 0 saturated heterocycles.